The first-order chi connectivity index (χ1) is 10.0. The minimum Gasteiger partial charge on any atom is -0.450 e. The van der Waals surface area contributed by atoms with Gasteiger partial charge in [-0.15, -0.1) is 0 Å². The molecule has 21 heavy (non-hydrogen) atoms. The third kappa shape index (κ3) is 3.68. The molecular weight excluding hydrogens is 301 g/mol. The average molecular weight is 312 g/mol. The molecule has 7 heteroatoms. The number of hydrogen-bond acceptors (Lipinski definition) is 4. The smallest absolute Gasteiger partial charge is 0.313 e. The van der Waals surface area contributed by atoms with Crippen LogP contribution < -0.4 is 4.74 Å². The summed E-state index contributed by atoms with van der Waals surface area (Å²) in [7, 11) is 0. The molecule has 5 nitrogen and oxygen atoms in total. The Morgan fingerprint density at radius 3 is 2.52 bits per heavy atom. The number of benzene rings is 2. The van der Waals surface area contributed by atoms with Gasteiger partial charge in [-0.3, -0.25) is 10.1 Å². The quantitative estimate of drug-likeness (QED) is 0.674. The highest BCUT2D eigenvalue weighted by atomic mass is 35.5. The standard InChI is InChI=1S/C14H11ClFNO4/c15-11-7-13(17(19)20)14(8-12(11)16)21-10-3-1-9(2-4-10)5-6-18/h1-4,7-8,18H,5-6H2. The summed E-state index contributed by atoms with van der Waals surface area (Å²) in [6.45, 7) is 0.0219. The molecule has 0 spiro atoms. The average Bonchev–Trinajstić information content (AvgIpc) is 2.44. The summed E-state index contributed by atoms with van der Waals surface area (Å²) in [5.74, 6) is -0.701. The minimum absolute atomic E-state index is 0.0219. The second-order valence-corrected chi connectivity index (χ2v) is 4.62. The van der Waals surface area contributed by atoms with E-state index < -0.39 is 16.4 Å². The summed E-state index contributed by atoms with van der Waals surface area (Å²) in [5.41, 5.74) is 0.475. The predicted octanol–water partition coefficient (Wildman–Crippen LogP) is 3.71. The van der Waals surface area contributed by atoms with Crippen LogP contribution in [0.1, 0.15) is 5.56 Å². The molecular formula is C14H11ClFNO4. The van der Waals surface area contributed by atoms with Gasteiger partial charge >= 0.3 is 5.69 Å². The lowest BCUT2D eigenvalue weighted by atomic mass is 10.1. The zero-order valence-electron chi connectivity index (χ0n) is 10.8. The number of nitrogens with zero attached hydrogens (tertiary/aromatic N) is 1. The molecule has 0 atom stereocenters. The van der Waals surface area contributed by atoms with Crippen LogP contribution in [0.3, 0.4) is 0 Å². The molecule has 1 N–H and O–H groups in total. The van der Waals surface area contributed by atoms with Crippen LogP contribution >= 0.6 is 11.6 Å². The number of halogens is 2. The van der Waals surface area contributed by atoms with Gasteiger partial charge in [-0.2, -0.15) is 0 Å². The number of ether oxygens (including phenoxy) is 1. The van der Waals surface area contributed by atoms with Gasteiger partial charge in [0.1, 0.15) is 11.6 Å². The molecule has 0 unspecified atom stereocenters. The predicted molar refractivity (Wildman–Crippen MR) is 75.4 cm³/mol. The summed E-state index contributed by atoms with van der Waals surface area (Å²) in [6.07, 6.45) is 0.496. The normalized spacial score (nSPS) is 10.4. The number of aliphatic hydroxyl groups excluding tert-OH is 1. The first-order valence-corrected chi connectivity index (χ1v) is 6.40. The van der Waals surface area contributed by atoms with Crippen molar-refractivity contribution in [1.82, 2.24) is 0 Å². The van der Waals surface area contributed by atoms with Crippen molar-refractivity contribution in [2.75, 3.05) is 6.61 Å². The molecule has 0 aliphatic carbocycles. The van der Waals surface area contributed by atoms with E-state index in [9.17, 15) is 14.5 Å². The maximum absolute atomic E-state index is 13.4. The van der Waals surface area contributed by atoms with E-state index in [0.29, 0.717) is 12.2 Å². The number of nitro groups is 1. The van der Waals surface area contributed by atoms with Gasteiger partial charge in [0, 0.05) is 18.7 Å². The van der Waals surface area contributed by atoms with E-state index in [0.717, 1.165) is 17.7 Å². The summed E-state index contributed by atoms with van der Waals surface area (Å²) in [6, 6.07) is 8.38. The van der Waals surface area contributed by atoms with Gasteiger partial charge in [0.15, 0.2) is 0 Å². The van der Waals surface area contributed by atoms with E-state index >= 15 is 0 Å². The molecule has 0 aliphatic heterocycles. The number of rotatable bonds is 5. The number of nitro benzene ring substituents is 1. The van der Waals surface area contributed by atoms with Crippen LogP contribution in [0.4, 0.5) is 10.1 Å². The topological polar surface area (TPSA) is 72.6 Å². The molecule has 0 saturated carbocycles. The minimum atomic E-state index is -0.797. The second kappa shape index (κ2) is 6.51. The van der Waals surface area contributed by atoms with E-state index in [4.69, 9.17) is 21.4 Å². The van der Waals surface area contributed by atoms with Gasteiger partial charge in [0.05, 0.1) is 9.95 Å². The van der Waals surface area contributed by atoms with Crippen LogP contribution in [-0.4, -0.2) is 16.6 Å². The Bertz CT molecular complexity index is 661. The lowest BCUT2D eigenvalue weighted by molar-refractivity contribution is -0.385. The van der Waals surface area contributed by atoms with Crippen molar-refractivity contribution in [3.8, 4) is 11.5 Å². The Labute approximate surface area is 124 Å². The molecule has 2 aromatic carbocycles. The van der Waals surface area contributed by atoms with Crippen molar-refractivity contribution in [2.45, 2.75) is 6.42 Å². The second-order valence-electron chi connectivity index (χ2n) is 4.21. The lowest BCUT2D eigenvalue weighted by Gasteiger charge is -2.08. The van der Waals surface area contributed by atoms with Crippen LogP contribution in [0.15, 0.2) is 36.4 Å². The first-order valence-electron chi connectivity index (χ1n) is 6.02. The zero-order valence-corrected chi connectivity index (χ0v) is 11.5. The van der Waals surface area contributed by atoms with Crippen molar-refractivity contribution in [2.24, 2.45) is 0 Å². The van der Waals surface area contributed by atoms with Crippen LogP contribution in [0.5, 0.6) is 11.5 Å². The fourth-order valence-corrected chi connectivity index (χ4v) is 1.88. The summed E-state index contributed by atoms with van der Waals surface area (Å²) < 4.78 is 18.8. The lowest BCUT2D eigenvalue weighted by Crippen LogP contribution is -1.95. The Balaban J connectivity index is 2.30. The van der Waals surface area contributed by atoms with Gasteiger partial charge in [0.25, 0.3) is 0 Å². The fraction of sp³-hybridized carbons (Fsp3) is 0.143. The molecule has 0 aromatic heterocycles. The van der Waals surface area contributed by atoms with Crippen molar-refractivity contribution in [3.63, 3.8) is 0 Å². The number of hydrogen-bond donors (Lipinski definition) is 1. The van der Waals surface area contributed by atoms with E-state index in [1.54, 1.807) is 24.3 Å². The highest BCUT2D eigenvalue weighted by molar-refractivity contribution is 6.31. The van der Waals surface area contributed by atoms with Gasteiger partial charge in [-0.1, -0.05) is 23.7 Å². The summed E-state index contributed by atoms with van der Waals surface area (Å²) >= 11 is 5.53. The summed E-state index contributed by atoms with van der Waals surface area (Å²) in [5, 5.41) is 19.4. The Hall–Kier alpha value is -2.18. The maximum atomic E-state index is 13.4. The molecule has 0 aliphatic rings. The van der Waals surface area contributed by atoms with Crippen molar-refractivity contribution in [3.05, 3.63) is 62.9 Å². The molecule has 2 rings (SSSR count). The summed E-state index contributed by atoms with van der Waals surface area (Å²) in [4.78, 5) is 10.2. The van der Waals surface area contributed by atoms with Crippen molar-refractivity contribution < 1.29 is 19.2 Å². The highest BCUT2D eigenvalue weighted by Gasteiger charge is 2.19. The van der Waals surface area contributed by atoms with E-state index in [1.165, 1.54) is 0 Å². The zero-order chi connectivity index (χ0) is 15.4. The molecule has 0 heterocycles. The molecule has 0 radical (unpaired) electrons. The first kappa shape index (κ1) is 15.2. The van der Waals surface area contributed by atoms with Gasteiger partial charge < -0.3 is 9.84 Å². The highest BCUT2D eigenvalue weighted by Crippen LogP contribution is 2.35. The molecule has 0 saturated heterocycles. The number of aliphatic hydroxyl groups is 1. The fourth-order valence-electron chi connectivity index (χ4n) is 1.72. The van der Waals surface area contributed by atoms with Crippen LogP contribution in [-0.2, 0) is 6.42 Å². The van der Waals surface area contributed by atoms with Crippen molar-refractivity contribution in [1.29, 1.82) is 0 Å². The van der Waals surface area contributed by atoms with Gasteiger partial charge in [-0.05, 0) is 24.1 Å². The molecule has 0 fully saturated rings. The van der Waals surface area contributed by atoms with E-state index in [2.05, 4.69) is 0 Å². The van der Waals surface area contributed by atoms with E-state index in [-0.39, 0.29) is 17.4 Å². The third-order valence-electron chi connectivity index (χ3n) is 2.75. The monoisotopic (exact) mass is 311 g/mol. The SMILES string of the molecule is O=[N+]([O-])c1cc(Cl)c(F)cc1Oc1ccc(CCO)cc1. The largest absolute Gasteiger partial charge is 0.450 e. The van der Waals surface area contributed by atoms with E-state index in [1.807, 2.05) is 0 Å². The molecule has 0 bridgehead atoms. The van der Waals surface area contributed by atoms with Crippen LogP contribution in [0.2, 0.25) is 5.02 Å². The van der Waals surface area contributed by atoms with Gasteiger partial charge in [-0.25, -0.2) is 4.39 Å². The Morgan fingerprint density at radius 2 is 1.95 bits per heavy atom. The third-order valence-corrected chi connectivity index (χ3v) is 3.04. The van der Waals surface area contributed by atoms with Crippen LogP contribution in [0.25, 0.3) is 0 Å². The molecule has 0 amide bonds. The van der Waals surface area contributed by atoms with Gasteiger partial charge in [0.2, 0.25) is 5.75 Å². The molecule has 2 aromatic rings. The Kier molecular flexibility index (Phi) is 4.72. The van der Waals surface area contributed by atoms with Crippen LogP contribution in [0, 0.1) is 15.9 Å². The maximum Gasteiger partial charge on any atom is 0.313 e. The molecule has 110 valence electrons. The van der Waals surface area contributed by atoms with Crippen molar-refractivity contribution >= 4 is 17.3 Å². The Morgan fingerprint density at radius 1 is 1.29 bits per heavy atom.